The van der Waals surface area contributed by atoms with E-state index in [2.05, 4.69) is 15.9 Å². The minimum absolute atomic E-state index is 0. The van der Waals surface area contributed by atoms with Crippen molar-refractivity contribution in [1.29, 1.82) is 0 Å². The molecule has 1 N–H and O–H groups in total. The Labute approximate surface area is 139 Å². The SMILES string of the molecule is CC(Oc1ccc(Br)cc1C1CCC1)C(=O)O.[H-].[Na+]. The van der Waals surface area contributed by atoms with Gasteiger partial charge < -0.3 is 11.3 Å². The Morgan fingerprint density at radius 1 is 1.56 bits per heavy atom. The van der Waals surface area contributed by atoms with Gasteiger partial charge in [-0.3, -0.25) is 0 Å². The standard InChI is InChI=1S/C13H15BrO3.Na.H/c1-8(13(15)16)17-12-6-5-10(14)7-11(12)9-3-2-4-9;;/h5-9H,2-4H2,1H3,(H,15,16);;/q;+1;-1. The summed E-state index contributed by atoms with van der Waals surface area (Å²) in [4.78, 5) is 10.8. The van der Waals surface area contributed by atoms with E-state index in [-0.39, 0.29) is 31.0 Å². The van der Waals surface area contributed by atoms with Crippen molar-refractivity contribution in [3.05, 3.63) is 28.2 Å². The molecule has 1 aliphatic carbocycles. The van der Waals surface area contributed by atoms with Crippen LogP contribution in [0.5, 0.6) is 5.75 Å². The fourth-order valence-corrected chi connectivity index (χ4v) is 2.28. The molecule has 18 heavy (non-hydrogen) atoms. The predicted octanol–water partition coefficient (Wildman–Crippen LogP) is 0.685. The van der Waals surface area contributed by atoms with E-state index in [4.69, 9.17) is 9.84 Å². The van der Waals surface area contributed by atoms with Gasteiger partial charge in [-0.15, -0.1) is 0 Å². The maximum atomic E-state index is 10.8. The van der Waals surface area contributed by atoms with Crippen molar-refractivity contribution in [2.24, 2.45) is 0 Å². The molecule has 2 rings (SSSR count). The molecule has 1 atom stereocenters. The smallest absolute Gasteiger partial charge is 1.00 e. The van der Waals surface area contributed by atoms with Crippen LogP contribution >= 0.6 is 15.9 Å². The second kappa shape index (κ2) is 6.94. The number of hydrogen-bond acceptors (Lipinski definition) is 2. The van der Waals surface area contributed by atoms with E-state index < -0.39 is 12.1 Å². The maximum Gasteiger partial charge on any atom is 1.00 e. The van der Waals surface area contributed by atoms with Crippen LogP contribution in [0.2, 0.25) is 0 Å². The van der Waals surface area contributed by atoms with Crippen LogP contribution in [-0.2, 0) is 4.79 Å². The fourth-order valence-electron chi connectivity index (χ4n) is 1.91. The number of benzene rings is 1. The van der Waals surface area contributed by atoms with Gasteiger partial charge in [-0.2, -0.15) is 0 Å². The van der Waals surface area contributed by atoms with Gasteiger partial charge in [0.25, 0.3) is 0 Å². The number of ether oxygens (including phenoxy) is 1. The maximum absolute atomic E-state index is 10.8. The van der Waals surface area contributed by atoms with Crippen molar-refractivity contribution in [3.8, 4) is 5.75 Å². The quantitative estimate of drug-likeness (QED) is 0.829. The molecular weight excluding hydrogens is 307 g/mol. The number of carboxylic acid groups (broad SMARTS) is 1. The molecule has 3 nitrogen and oxygen atoms in total. The first-order chi connectivity index (χ1) is 8.08. The number of halogens is 1. The second-order valence-electron chi connectivity index (χ2n) is 4.41. The monoisotopic (exact) mass is 322 g/mol. The fraction of sp³-hybridized carbons (Fsp3) is 0.462. The zero-order chi connectivity index (χ0) is 12.4. The van der Waals surface area contributed by atoms with Gasteiger partial charge in [0.05, 0.1) is 0 Å². The minimum atomic E-state index is -0.938. The van der Waals surface area contributed by atoms with Crippen LogP contribution in [-0.4, -0.2) is 17.2 Å². The largest absolute Gasteiger partial charge is 1.00 e. The van der Waals surface area contributed by atoms with Gasteiger partial charge in [-0.1, -0.05) is 22.4 Å². The number of carboxylic acids is 1. The van der Waals surface area contributed by atoms with Crippen molar-refractivity contribution in [2.45, 2.75) is 38.2 Å². The van der Waals surface area contributed by atoms with E-state index in [1.165, 1.54) is 6.42 Å². The molecule has 0 spiro atoms. The van der Waals surface area contributed by atoms with Crippen LogP contribution in [0.3, 0.4) is 0 Å². The summed E-state index contributed by atoms with van der Waals surface area (Å²) in [5, 5.41) is 8.86. The first kappa shape index (κ1) is 16.0. The van der Waals surface area contributed by atoms with Crippen LogP contribution < -0.4 is 34.3 Å². The van der Waals surface area contributed by atoms with Crippen molar-refractivity contribution in [2.75, 3.05) is 0 Å². The number of hydrogen-bond donors (Lipinski definition) is 1. The Morgan fingerprint density at radius 2 is 2.22 bits per heavy atom. The van der Waals surface area contributed by atoms with Gasteiger partial charge >= 0.3 is 35.5 Å². The zero-order valence-corrected chi connectivity index (χ0v) is 14.2. The van der Waals surface area contributed by atoms with E-state index in [0.717, 1.165) is 22.9 Å². The molecule has 94 valence electrons. The van der Waals surface area contributed by atoms with Crippen LogP contribution in [0.1, 0.15) is 39.1 Å². The third-order valence-corrected chi connectivity index (χ3v) is 3.66. The van der Waals surface area contributed by atoms with E-state index in [1.54, 1.807) is 6.92 Å². The summed E-state index contributed by atoms with van der Waals surface area (Å²) in [5.41, 5.74) is 1.12. The summed E-state index contributed by atoms with van der Waals surface area (Å²) >= 11 is 3.44. The molecule has 1 saturated carbocycles. The minimum Gasteiger partial charge on any atom is -1.00 e. The zero-order valence-electron chi connectivity index (χ0n) is 11.6. The Kier molecular flexibility index (Phi) is 6.18. The van der Waals surface area contributed by atoms with Crippen molar-refractivity contribution < 1.29 is 45.6 Å². The number of aliphatic carboxylic acids is 1. The van der Waals surface area contributed by atoms with Crippen LogP contribution in [0, 0.1) is 0 Å². The molecule has 1 unspecified atom stereocenters. The molecule has 0 heterocycles. The number of rotatable bonds is 4. The van der Waals surface area contributed by atoms with Gasteiger partial charge in [-0.25, -0.2) is 4.79 Å². The van der Waals surface area contributed by atoms with Gasteiger partial charge in [0.15, 0.2) is 6.10 Å². The van der Waals surface area contributed by atoms with E-state index in [9.17, 15) is 4.79 Å². The summed E-state index contributed by atoms with van der Waals surface area (Å²) in [7, 11) is 0. The van der Waals surface area contributed by atoms with Gasteiger partial charge in [0.1, 0.15) is 5.75 Å². The first-order valence-electron chi connectivity index (χ1n) is 5.77. The van der Waals surface area contributed by atoms with Crippen LogP contribution in [0.25, 0.3) is 0 Å². The number of carbonyl (C=O) groups is 1. The third-order valence-electron chi connectivity index (χ3n) is 3.17. The van der Waals surface area contributed by atoms with E-state index in [0.29, 0.717) is 11.7 Å². The van der Waals surface area contributed by atoms with E-state index in [1.807, 2.05) is 18.2 Å². The first-order valence-corrected chi connectivity index (χ1v) is 6.56. The third kappa shape index (κ3) is 3.73. The van der Waals surface area contributed by atoms with E-state index >= 15 is 0 Å². The normalized spacial score (nSPS) is 16.3. The molecule has 0 bridgehead atoms. The Balaban J connectivity index is 0.00000162. The molecule has 5 heteroatoms. The Hall–Kier alpha value is -0.0300. The average molecular weight is 323 g/mol. The average Bonchev–Trinajstić information content (AvgIpc) is 2.19. The van der Waals surface area contributed by atoms with Crippen molar-refractivity contribution in [3.63, 3.8) is 0 Å². The topological polar surface area (TPSA) is 46.5 Å². The van der Waals surface area contributed by atoms with Crippen molar-refractivity contribution in [1.82, 2.24) is 0 Å². The molecule has 0 radical (unpaired) electrons. The van der Waals surface area contributed by atoms with Gasteiger partial charge in [0.2, 0.25) is 0 Å². The molecule has 0 amide bonds. The second-order valence-corrected chi connectivity index (χ2v) is 5.32. The molecular formula is C13H16BrNaO3. The molecule has 0 aliphatic heterocycles. The van der Waals surface area contributed by atoms with Crippen molar-refractivity contribution >= 4 is 21.9 Å². The van der Waals surface area contributed by atoms with Gasteiger partial charge in [-0.05, 0) is 49.4 Å². The van der Waals surface area contributed by atoms with Gasteiger partial charge in [0, 0.05) is 4.47 Å². The Bertz CT molecular complexity index is 438. The summed E-state index contributed by atoms with van der Waals surface area (Å²) in [6.07, 6.45) is 2.75. The van der Waals surface area contributed by atoms with Crippen LogP contribution in [0.15, 0.2) is 22.7 Å². The molecule has 0 saturated heterocycles. The molecule has 1 fully saturated rings. The summed E-state index contributed by atoms with van der Waals surface area (Å²) in [6.45, 7) is 1.55. The summed E-state index contributed by atoms with van der Waals surface area (Å²) in [6, 6.07) is 5.76. The molecule has 0 aromatic heterocycles. The van der Waals surface area contributed by atoms with Crippen LogP contribution in [0.4, 0.5) is 0 Å². The summed E-state index contributed by atoms with van der Waals surface area (Å²) < 4.78 is 6.51. The molecule has 1 aromatic carbocycles. The molecule has 1 aromatic rings. The predicted molar refractivity (Wildman–Crippen MR) is 69.6 cm³/mol. The Morgan fingerprint density at radius 3 is 2.72 bits per heavy atom. The summed E-state index contributed by atoms with van der Waals surface area (Å²) in [5.74, 6) is 0.281. The molecule has 1 aliphatic rings.